The van der Waals surface area contributed by atoms with E-state index in [2.05, 4.69) is 184 Å². The number of para-hydroxylation sites is 3. The molecule has 3 heterocycles. The maximum Gasteiger partial charge on any atom is 0.119 e. The first-order chi connectivity index (χ1) is 27.2. The number of rotatable bonds is 6. The van der Waals surface area contributed by atoms with Gasteiger partial charge in [0.1, 0.15) is 11.5 Å². The molecular formula is C50H35N3O2. The minimum Gasteiger partial charge on any atom is -0.497 e. The lowest BCUT2D eigenvalue weighted by Gasteiger charge is -2.12. The van der Waals surface area contributed by atoms with Gasteiger partial charge in [0.2, 0.25) is 0 Å². The van der Waals surface area contributed by atoms with Crippen molar-refractivity contribution in [2.75, 3.05) is 14.2 Å². The quantitative estimate of drug-likeness (QED) is 0.172. The fourth-order valence-corrected chi connectivity index (χ4v) is 8.70. The summed E-state index contributed by atoms with van der Waals surface area (Å²) < 4.78 is 18.5. The first-order valence-corrected chi connectivity index (χ1v) is 18.6. The molecule has 0 unspecified atom stereocenters. The highest BCUT2D eigenvalue weighted by Crippen LogP contribution is 2.41. The Kier molecular flexibility index (Phi) is 6.92. The topological polar surface area (TPSA) is 33.2 Å². The van der Waals surface area contributed by atoms with Crippen LogP contribution in [0.25, 0.3) is 93.6 Å². The van der Waals surface area contributed by atoms with Crippen LogP contribution >= 0.6 is 0 Å². The molecule has 0 fully saturated rings. The van der Waals surface area contributed by atoms with Gasteiger partial charge in [-0.05, 0) is 102 Å². The van der Waals surface area contributed by atoms with E-state index in [4.69, 9.17) is 9.47 Å². The van der Waals surface area contributed by atoms with E-state index in [0.29, 0.717) is 0 Å². The smallest absolute Gasteiger partial charge is 0.119 e. The minimum atomic E-state index is 0.839. The van der Waals surface area contributed by atoms with Crippen LogP contribution in [-0.4, -0.2) is 27.9 Å². The average molecular weight is 710 g/mol. The molecule has 11 rings (SSSR count). The largest absolute Gasteiger partial charge is 0.497 e. The highest BCUT2D eigenvalue weighted by Gasteiger charge is 2.19. The molecular weight excluding hydrogens is 675 g/mol. The molecule has 0 N–H and O–H groups in total. The number of hydrogen-bond donors (Lipinski definition) is 0. The van der Waals surface area contributed by atoms with Crippen LogP contribution in [0.3, 0.4) is 0 Å². The zero-order valence-corrected chi connectivity index (χ0v) is 30.4. The lowest BCUT2D eigenvalue weighted by atomic mass is 10.0. The lowest BCUT2D eigenvalue weighted by Crippen LogP contribution is -1.97. The zero-order valence-electron chi connectivity index (χ0n) is 30.4. The Balaban J connectivity index is 1.16. The molecule has 5 heteroatoms. The Bertz CT molecular complexity index is 3280. The van der Waals surface area contributed by atoms with Crippen LogP contribution in [0.1, 0.15) is 0 Å². The van der Waals surface area contributed by atoms with Gasteiger partial charge in [-0.3, -0.25) is 0 Å². The van der Waals surface area contributed by atoms with E-state index in [1.54, 1.807) is 14.2 Å². The normalized spacial score (nSPS) is 11.8. The van der Waals surface area contributed by atoms with Gasteiger partial charge in [-0.15, -0.1) is 0 Å². The number of aromatic nitrogens is 3. The molecule has 0 aliphatic carbocycles. The van der Waals surface area contributed by atoms with Crippen molar-refractivity contribution in [2.24, 2.45) is 0 Å². The molecule has 0 atom stereocenters. The second-order valence-corrected chi connectivity index (χ2v) is 14.1. The molecule has 5 nitrogen and oxygen atoms in total. The maximum atomic E-state index is 5.74. The van der Waals surface area contributed by atoms with Crippen LogP contribution in [-0.2, 0) is 0 Å². The third kappa shape index (κ3) is 4.73. The Morgan fingerprint density at radius 3 is 1.25 bits per heavy atom. The van der Waals surface area contributed by atoms with Crippen molar-refractivity contribution in [1.82, 2.24) is 13.7 Å². The van der Waals surface area contributed by atoms with Gasteiger partial charge >= 0.3 is 0 Å². The Labute approximate surface area is 317 Å². The number of hydrogen-bond acceptors (Lipinski definition) is 2. The fourth-order valence-electron chi connectivity index (χ4n) is 8.70. The van der Waals surface area contributed by atoms with Crippen molar-refractivity contribution in [3.05, 3.63) is 176 Å². The van der Waals surface area contributed by atoms with Gasteiger partial charge in [-0.25, -0.2) is 0 Å². The second-order valence-electron chi connectivity index (χ2n) is 14.1. The van der Waals surface area contributed by atoms with Crippen LogP contribution in [0.5, 0.6) is 11.5 Å². The fraction of sp³-hybridized carbons (Fsp3) is 0.0400. The van der Waals surface area contributed by atoms with Gasteiger partial charge in [-0.1, -0.05) is 84.9 Å². The van der Waals surface area contributed by atoms with Crippen LogP contribution in [0, 0.1) is 0 Å². The molecule has 262 valence electrons. The van der Waals surface area contributed by atoms with Crippen molar-refractivity contribution < 1.29 is 9.47 Å². The Morgan fingerprint density at radius 1 is 0.291 bits per heavy atom. The summed E-state index contributed by atoms with van der Waals surface area (Å²) in [5, 5.41) is 7.14. The highest BCUT2D eigenvalue weighted by atomic mass is 16.5. The average Bonchev–Trinajstić information content (AvgIpc) is 3.88. The number of benzene rings is 8. The SMILES string of the molecule is COc1ccc2c(c1)c1ccc(-c3ccc4c5cc(OC)ccc5n(-c5ccc6c7ccccc7n(-c7ccccc7)c6c5)c4c3)cc1n2-c1ccccc1. The molecule has 55 heavy (non-hydrogen) atoms. The van der Waals surface area contributed by atoms with Gasteiger partial charge in [-0.2, -0.15) is 0 Å². The molecule has 3 aromatic heterocycles. The van der Waals surface area contributed by atoms with Gasteiger partial charge in [0, 0.05) is 49.4 Å². The molecule has 0 radical (unpaired) electrons. The van der Waals surface area contributed by atoms with Gasteiger partial charge in [0.15, 0.2) is 0 Å². The summed E-state index contributed by atoms with van der Waals surface area (Å²) >= 11 is 0. The van der Waals surface area contributed by atoms with E-state index in [-0.39, 0.29) is 0 Å². The number of fused-ring (bicyclic) bond motifs is 9. The van der Waals surface area contributed by atoms with Gasteiger partial charge < -0.3 is 23.2 Å². The molecule has 0 spiro atoms. The monoisotopic (exact) mass is 709 g/mol. The molecule has 0 amide bonds. The molecule has 0 aliphatic heterocycles. The standard InChI is InChI=1S/C50H35N3O2/c1-54-37-20-25-46-43(30-37)41-22-17-32(27-48(41)52(46)35-13-7-4-8-14-35)33-18-23-42-44-31-38(55-2)21-26-47(44)53(49(42)28-33)36-19-24-40-39-15-9-10-16-45(39)51(50(40)29-36)34-11-5-3-6-12-34/h3-31H,1-2H3. The summed E-state index contributed by atoms with van der Waals surface area (Å²) in [6, 6.07) is 63.3. The molecule has 0 saturated heterocycles. The van der Waals surface area contributed by atoms with E-state index in [0.717, 1.165) is 72.5 Å². The molecule has 8 aromatic carbocycles. The maximum absolute atomic E-state index is 5.74. The first kappa shape index (κ1) is 31.3. The summed E-state index contributed by atoms with van der Waals surface area (Å²) in [4.78, 5) is 0. The third-order valence-corrected chi connectivity index (χ3v) is 11.2. The third-order valence-electron chi connectivity index (χ3n) is 11.2. The van der Waals surface area contributed by atoms with Crippen LogP contribution in [0.4, 0.5) is 0 Å². The van der Waals surface area contributed by atoms with E-state index in [9.17, 15) is 0 Å². The van der Waals surface area contributed by atoms with Gasteiger partial charge in [0.05, 0.1) is 47.3 Å². The van der Waals surface area contributed by atoms with Gasteiger partial charge in [0.25, 0.3) is 0 Å². The summed E-state index contributed by atoms with van der Waals surface area (Å²) in [5.74, 6) is 1.69. The first-order valence-electron chi connectivity index (χ1n) is 18.6. The van der Waals surface area contributed by atoms with E-state index >= 15 is 0 Å². The Hall–Kier alpha value is -7.24. The summed E-state index contributed by atoms with van der Waals surface area (Å²) in [5.41, 5.74) is 12.6. The van der Waals surface area contributed by atoms with Crippen LogP contribution in [0.15, 0.2) is 176 Å². The Morgan fingerprint density at radius 2 is 0.709 bits per heavy atom. The van der Waals surface area contributed by atoms with Crippen molar-refractivity contribution in [1.29, 1.82) is 0 Å². The van der Waals surface area contributed by atoms with E-state index in [1.807, 2.05) is 6.07 Å². The van der Waals surface area contributed by atoms with Crippen LogP contribution < -0.4 is 9.47 Å². The van der Waals surface area contributed by atoms with Crippen molar-refractivity contribution >= 4 is 65.4 Å². The number of nitrogens with zero attached hydrogens (tertiary/aromatic N) is 3. The molecule has 11 aromatic rings. The van der Waals surface area contributed by atoms with Crippen LogP contribution in [0.2, 0.25) is 0 Å². The van der Waals surface area contributed by atoms with E-state index < -0.39 is 0 Å². The number of methoxy groups -OCH3 is 2. The minimum absolute atomic E-state index is 0.839. The lowest BCUT2D eigenvalue weighted by molar-refractivity contribution is 0.415. The molecule has 0 bridgehead atoms. The summed E-state index contributed by atoms with van der Waals surface area (Å²) in [7, 11) is 3.46. The predicted octanol–water partition coefficient (Wildman–Crippen LogP) is 12.7. The summed E-state index contributed by atoms with van der Waals surface area (Å²) in [6.07, 6.45) is 0. The second kappa shape index (κ2) is 12.2. The molecule has 0 aliphatic rings. The number of ether oxygens (including phenoxy) is 2. The zero-order chi connectivity index (χ0) is 36.6. The molecule has 0 saturated carbocycles. The summed E-state index contributed by atoms with van der Waals surface area (Å²) in [6.45, 7) is 0. The van der Waals surface area contributed by atoms with E-state index in [1.165, 1.54) is 32.6 Å². The van der Waals surface area contributed by atoms with Crippen molar-refractivity contribution in [3.8, 4) is 39.7 Å². The van der Waals surface area contributed by atoms with Crippen molar-refractivity contribution in [2.45, 2.75) is 0 Å². The van der Waals surface area contributed by atoms with Crippen molar-refractivity contribution in [3.63, 3.8) is 0 Å². The highest BCUT2D eigenvalue weighted by molar-refractivity contribution is 6.14. The predicted molar refractivity (Wildman–Crippen MR) is 228 cm³/mol.